The number of nitrogens with two attached hydrogens (primary N) is 1. The van der Waals surface area contributed by atoms with Crippen molar-refractivity contribution in [2.75, 3.05) is 17.7 Å². The van der Waals surface area contributed by atoms with E-state index in [-0.39, 0.29) is 12.1 Å². The number of carbonyl (C=O) groups excluding carboxylic acids is 1. The summed E-state index contributed by atoms with van der Waals surface area (Å²) in [6.07, 6.45) is 7.28. The van der Waals surface area contributed by atoms with Crippen molar-refractivity contribution in [3.63, 3.8) is 0 Å². The lowest BCUT2D eigenvalue weighted by atomic mass is 9.92. The first-order chi connectivity index (χ1) is 17.0. The first-order valence-corrected chi connectivity index (χ1v) is 12.1. The Morgan fingerprint density at radius 1 is 1.23 bits per heavy atom. The number of carbonyl (C=O) groups is 1. The number of fused-ring (bicyclic) bond motifs is 1. The highest BCUT2D eigenvalue weighted by Gasteiger charge is 2.27. The molecule has 1 aliphatic rings. The van der Waals surface area contributed by atoms with Crippen LogP contribution in [0.3, 0.4) is 0 Å². The fourth-order valence-corrected chi connectivity index (χ4v) is 4.50. The van der Waals surface area contributed by atoms with Crippen molar-refractivity contribution in [2.24, 2.45) is 0 Å². The number of urea groups is 1. The molecule has 35 heavy (non-hydrogen) atoms. The highest BCUT2D eigenvalue weighted by atomic mass is 16.5. The maximum atomic E-state index is 12.0. The summed E-state index contributed by atoms with van der Waals surface area (Å²) in [4.78, 5) is 16.2. The third-order valence-electron chi connectivity index (χ3n) is 6.36. The van der Waals surface area contributed by atoms with Crippen LogP contribution in [0.5, 0.6) is 5.75 Å². The molecule has 2 aromatic carbocycles. The third kappa shape index (κ3) is 4.82. The zero-order valence-corrected chi connectivity index (χ0v) is 20.1. The van der Waals surface area contributed by atoms with Crippen molar-refractivity contribution >= 4 is 28.3 Å². The molecular formula is C27H31N5O3. The predicted octanol–water partition coefficient (Wildman–Crippen LogP) is 5.75. The van der Waals surface area contributed by atoms with Gasteiger partial charge in [-0.1, -0.05) is 12.1 Å². The predicted molar refractivity (Wildman–Crippen MR) is 138 cm³/mol. The summed E-state index contributed by atoms with van der Waals surface area (Å²) in [7, 11) is 0. The molecule has 0 spiro atoms. The van der Waals surface area contributed by atoms with E-state index in [9.17, 15) is 4.79 Å². The van der Waals surface area contributed by atoms with Gasteiger partial charge in [0.25, 0.3) is 0 Å². The van der Waals surface area contributed by atoms with E-state index in [1.54, 1.807) is 12.5 Å². The fourth-order valence-electron chi connectivity index (χ4n) is 4.50. The molecule has 2 aromatic heterocycles. The molecule has 4 aromatic rings. The Labute approximate surface area is 204 Å². The fraction of sp³-hybridized carbons (Fsp3) is 0.333. The van der Waals surface area contributed by atoms with E-state index in [1.807, 2.05) is 50.2 Å². The smallest absolute Gasteiger partial charge is 0.319 e. The molecule has 0 bridgehead atoms. The van der Waals surface area contributed by atoms with E-state index < -0.39 is 0 Å². The topological polar surface area (TPSA) is 107 Å². The average molecular weight is 474 g/mol. The summed E-state index contributed by atoms with van der Waals surface area (Å²) in [6, 6.07) is 14.2. The van der Waals surface area contributed by atoms with E-state index >= 15 is 0 Å². The van der Waals surface area contributed by atoms with Gasteiger partial charge in [-0.15, -0.1) is 0 Å². The normalized spacial score (nSPS) is 13.7. The van der Waals surface area contributed by atoms with Crippen LogP contribution >= 0.6 is 0 Å². The second-order valence-electron chi connectivity index (χ2n) is 9.25. The summed E-state index contributed by atoms with van der Waals surface area (Å²) in [5, 5.41) is 6.73. The van der Waals surface area contributed by atoms with E-state index in [1.165, 1.54) is 6.42 Å². The Bertz CT molecular complexity index is 1310. The van der Waals surface area contributed by atoms with Gasteiger partial charge in [0.05, 0.1) is 36.1 Å². The molecule has 1 saturated carbocycles. The van der Waals surface area contributed by atoms with Crippen LogP contribution in [-0.2, 0) is 6.42 Å². The number of nitrogen functional groups attached to an aromatic ring is 1. The van der Waals surface area contributed by atoms with Crippen LogP contribution in [0.4, 0.5) is 16.2 Å². The minimum absolute atomic E-state index is 0.0722. The van der Waals surface area contributed by atoms with Gasteiger partial charge in [0.15, 0.2) is 5.89 Å². The highest BCUT2D eigenvalue weighted by Crippen LogP contribution is 2.44. The van der Waals surface area contributed by atoms with Crippen molar-refractivity contribution in [1.29, 1.82) is 0 Å². The number of anilines is 2. The van der Waals surface area contributed by atoms with Crippen molar-refractivity contribution in [3.8, 4) is 17.0 Å². The van der Waals surface area contributed by atoms with Crippen molar-refractivity contribution in [2.45, 2.75) is 51.6 Å². The molecule has 0 aliphatic heterocycles. The quantitative estimate of drug-likeness (QED) is 0.302. The van der Waals surface area contributed by atoms with Gasteiger partial charge in [0, 0.05) is 34.8 Å². The van der Waals surface area contributed by atoms with Gasteiger partial charge in [-0.25, -0.2) is 9.78 Å². The molecule has 182 valence electrons. The number of hydrogen-bond acceptors (Lipinski definition) is 5. The minimum atomic E-state index is -0.216. The Morgan fingerprint density at radius 2 is 2.03 bits per heavy atom. The highest BCUT2D eigenvalue weighted by molar-refractivity contribution is 6.02. The molecule has 8 nitrogen and oxygen atoms in total. The third-order valence-corrected chi connectivity index (χ3v) is 6.36. The molecule has 0 unspecified atom stereocenters. The van der Waals surface area contributed by atoms with Gasteiger partial charge in [-0.3, -0.25) is 0 Å². The van der Waals surface area contributed by atoms with Crippen LogP contribution < -0.4 is 21.1 Å². The largest absolute Gasteiger partial charge is 0.493 e. The number of nitrogens with zero attached hydrogens (tertiary/aromatic N) is 2. The second-order valence-corrected chi connectivity index (χ2v) is 9.25. The zero-order valence-electron chi connectivity index (χ0n) is 20.1. The van der Waals surface area contributed by atoms with Gasteiger partial charge >= 0.3 is 6.03 Å². The maximum Gasteiger partial charge on any atom is 0.319 e. The Balaban J connectivity index is 1.43. The van der Waals surface area contributed by atoms with E-state index in [2.05, 4.69) is 26.3 Å². The number of hydrogen-bond donors (Lipinski definition) is 3. The van der Waals surface area contributed by atoms with Crippen LogP contribution in [0.2, 0.25) is 0 Å². The Kier molecular flexibility index (Phi) is 6.35. The lowest BCUT2D eigenvalue weighted by Crippen LogP contribution is -2.34. The molecule has 4 N–H and O–H groups in total. The maximum absolute atomic E-state index is 12.0. The number of aromatic nitrogens is 2. The van der Waals surface area contributed by atoms with Crippen molar-refractivity contribution in [3.05, 3.63) is 60.8 Å². The van der Waals surface area contributed by atoms with E-state index in [4.69, 9.17) is 14.9 Å². The van der Waals surface area contributed by atoms with Crippen LogP contribution in [0, 0.1) is 0 Å². The molecule has 1 fully saturated rings. The number of benzene rings is 2. The first kappa shape index (κ1) is 22.8. The Morgan fingerprint density at radius 3 is 2.69 bits per heavy atom. The van der Waals surface area contributed by atoms with E-state index in [0.29, 0.717) is 25.0 Å². The van der Waals surface area contributed by atoms with Gasteiger partial charge in [0.2, 0.25) is 0 Å². The molecule has 2 heterocycles. The van der Waals surface area contributed by atoms with Crippen LogP contribution in [0.25, 0.3) is 22.2 Å². The molecule has 0 radical (unpaired) electrons. The number of oxazole rings is 1. The number of amides is 2. The number of nitrogens with one attached hydrogen (secondary N) is 2. The summed E-state index contributed by atoms with van der Waals surface area (Å²) in [6.45, 7) is 4.34. The lowest BCUT2D eigenvalue weighted by molar-refractivity contribution is 0.250. The van der Waals surface area contributed by atoms with Gasteiger partial charge in [-0.05, 0) is 57.4 Å². The number of ether oxygens (including phenoxy) is 1. The second kappa shape index (κ2) is 9.74. The summed E-state index contributed by atoms with van der Waals surface area (Å²) in [5.41, 5.74) is 11.3. The van der Waals surface area contributed by atoms with Crippen molar-refractivity contribution in [1.82, 2.24) is 14.9 Å². The van der Waals surface area contributed by atoms with Crippen LogP contribution in [-0.4, -0.2) is 28.2 Å². The molecule has 8 heteroatoms. The average Bonchev–Trinajstić information content (AvgIpc) is 3.40. The minimum Gasteiger partial charge on any atom is -0.493 e. The van der Waals surface area contributed by atoms with Crippen LogP contribution in [0.1, 0.15) is 45.0 Å². The number of rotatable bonds is 8. The summed E-state index contributed by atoms with van der Waals surface area (Å²) >= 11 is 0. The van der Waals surface area contributed by atoms with Gasteiger partial charge in [-0.2, -0.15) is 0 Å². The van der Waals surface area contributed by atoms with Gasteiger partial charge < -0.3 is 30.1 Å². The SMILES string of the molecule is CC(C)NC(=O)Nc1ccc(-c2c(N)c3ccc(OCCc4ncco4)cc3n2C2CCC2)cc1. The van der Waals surface area contributed by atoms with Crippen LogP contribution in [0.15, 0.2) is 59.3 Å². The zero-order chi connectivity index (χ0) is 24.4. The summed E-state index contributed by atoms with van der Waals surface area (Å²) in [5.74, 6) is 1.46. The molecule has 2 amide bonds. The molecule has 0 saturated heterocycles. The van der Waals surface area contributed by atoms with Crippen molar-refractivity contribution < 1.29 is 13.9 Å². The van der Waals surface area contributed by atoms with Gasteiger partial charge in [0.1, 0.15) is 12.0 Å². The van der Waals surface area contributed by atoms with E-state index in [0.717, 1.165) is 52.1 Å². The molecule has 0 atom stereocenters. The standard InChI is InChI=1S/C27H31N5O3/c1-17(2)30-27(33)31-19-8-6-18(7-9-19)26-25(28)22-11-10-21(34-14-12-24-29-13-15-35-24)16-23(22)32(26)20-4-3-5-20/h6-11,13,15-17,20H,3-5,12,14,28H2,1-2H3,(H2,30,31,33). The first-order valence-electron chi connectivity index (χ1n) is 12.1. The Hall–Kier alpha value is -3.94. The lowest BCUT2D eigenvalue weighted by Gasteiger charge is -2.30. The molecular weight excluding hydrogens is 442 g/mol. The molecule has 1 aliphatic carbocycles. The molecule has 5 rings (SSSR count). The summed E-state index contributed by atoms with van der Waals surface area (Å²) < 4.78 is 13.7. The monoisotopic (exact) mass is 473 g/mol.